The summed E-state index contributed by atoms with van der Waals surface area (Å²) in [5.41, 5.74) is 0.918. The van der Waals surface area contributed by atoms with Crippen LogP contribution in [0.4, 0.5) is 30.7 Å². The minimum Gasteiger partial charge on any atom is -0.385 e. The predicted molar refractivity (Wildman–Crippen MR) is 84.2 cm³/mol. The van der Waals surface area contributed by atoms with Gasteiger partial charge < -0.3 is 5.11 Å². The number of rotatable bonds is 8. The molecule has 0 aromatic heterocycles. The highest BCUT2D eigenvalue weighted by atomic mass is 19.4. The van der Waals surface area contributed by atoms with Gasteiger partial charge in [-0.2, -0.15) is 30.7 Å². The summed E-state index contributed by atoms with van der Waals surface area (Å²) in [5.74, 6) is -12.0. The monoisotopic (exact) mass is 389 g/mol. The van der Waals surface area contributed by atoms with Crippen LogP contribution in [-0.2, 0) is 0 Å². The van der Waals surface area contributed by atoms with Crippen LogP contribution in [0.5, 0.6) is 0 Å². The molecular formula is C17H22F7NO. The minimum absolute atomic E-state index is 0.263. The van der Waals surface area contributed by atoms with Crippen molar-refractivity contribution in [2.45, 2.75) is 62.4 Å². The van der Waals surface area contributed by atoms with Crippen molar-refractivity contribution < 1.29 is 35.8 Å². The Hall–Kier alpha value is -1.35. The molecule has 2 nitrogen and oxygen atoms in total. The second-order valence-electron chi connectivity index (χ2n) is 6.39. The zero-order valence-corrected chi connectivity index (χ0v) is 14.2. The Labute approximate surface area is 147 Å². The van der Waals surface area contributed by atoms with Crippen LogP contribution in [0, 0.1) is 0 Å². The highest BCUT2D eigenvalue weighted by molar-refractivity contribution is 5.15. The van der Waals surface area contributed by atoms with Gasteiger partial charge in [-0.3, -0.25) is 4.90 Å². The fourth-order valence-electron chi connectivity index (χ4n) is 3.03. The molecule has 26 heavy (non-hydrogen) atoms. The van der Waals surface area contributed by atoms with Gasteiger partial charge in [-0.15, -0.1) is 13.2 Å². The van der Waals surface area contributed by atoms with E-state index in [0.29, 0.717) is 12.8 Å². The summed E-state index contributed by atoms with van der Waals surface area (Å²) in [5, 5.41) is 9.62. The van der Waals surface area contributed by atoms with E-state index in [1.807, 2.05) is 0 Å². The van der Waals surface area contributed by atoms with Gasteiger partial charge in [0.1, 0.15) is 6.10 Å². The summed E-state index contributed by atoms with van der Waals surface area (Å²) in [6, 6.07) is -0.997. The second kappa shape index (κ2) is 8.12. The lowest BCUT2D eigenvalue weighted by Crippen LogP contribution is -2.61. The van der Waals surface area contributed by atoms with E-state index in [1.54, 1.807) is 13.0 Å². The van der Waals surface area contributed by atoms with Gasteiger partial charge in [0.05, 0.1) is 0 Å². The van der Waals surface area contributed by atoms with Gasteiger partial charge in [0.15, 0.2) is 0 Å². The molecule has 1 aliphatic rings. The number of aliphatic hydroxyl groups is 1. The lowest BCUT2D eigenvalue weighted by molar-refractivity contribution is -0.371. The molecule has 1 N–H and O–H groups in total. The third-order valence-corrected chi connectivity index (χ3v) is 4.35. The predicted octanol–water partition coefficient (Wildman–Crippen LogP) is 4.72. The molecule has 150 valence electrons. The molecule has 0 radical (unpaired) electrons. The first-order valence-electron chi connectivity index (χ1n) is 7.94. The molecule has 1 aliphatic heterocycles. The molecule has 0 aromatic rings. The molecule has 0 saturated heterocycles. The van der Waals surface area contributed by atoms with Crippen LogP contribution in [-0.4, -0.2) is 52.8 Å². The summed E-state index contributed by atoms with van der Waals surface area (Å²) in [6.07, 6.45) is -4.04. The van der Waals surface area contributed by atoms with Gasteiger partial charge in [0.2, 0.25) is 0 Å². The summed E-state index contributed by atoms with van der Waals surface area (Å²) in [6.45, 7) is 7.82. The summed E-state index contributed by atoms with van der Waals surface area (Å²) < 4.78 is 90.8. The van der Waals surface area contributed by atoms with Gasteiger partial charge in [-0.1, -0.05) is 23.8 Å². The van der Waals surface area contributed by atoms with Crippen LogP contribution < -0.4 is 0 Å². The Balaban J connectivity index is 3.14. The number of hydrogen-bond donors (Lipinski definition) is 1. The standard InChI is InChI=1S/C17H22F7NO/c1-4-6-12-8-11(3)9-13(7-5-2)25(12)10-14(26)15(18,19)16(20,21)17(22,23)24/h4-5,8,12-14,26H,1-2,6-7,9-10H2,3H3/t12-,13+,14+/m1/s1. The summed E-state index contributed by atoms with van der Waals surface area (Å²) in [7, 11) is 0. The van der Waals surface area contributed by atoms with Crippen LogP contribution in [0.25, 0.3) is 0 Å². The number of nitrogens with zero attached hydrogens (tertiary/aromatic N) is 1. The number of β-amino-alcohol motifs (C(OH)–C–C–N with tert-alkyl or cyclic N) is 1. The van der Waals surface area contributed by atoms with Crippen molar-refractivity contribution in [3.05, 3.63) is 37.0 Å². The minimum atomic E-state index is -6.48. The van der Waals surface area contributed by atoms with Crippen molar-refractivity contribution in [1.29, 1.82) is 0 Å². The molecule has 0 bridgehead atoms. The fraction of sp³-hybridized carbons (Fsp3) is 0.647. The Morgan fingerprint density at radius 3 is 2.15 bits per heavy atom. The van der Waals surface area contributed by atoms with E-state index < -0.39 is 42.8 Å². The van der Waals surface area contributed by atoms with E-state index >= 15 is 0 Å². The maximum atomic E-state index is 13.7. The van der Waals surface area contributed by atoms with Crippen LogP contribution >= 0.6 is 0 Å². The van der Waals surface area contributed by atoms with Gasteiger partial charge in [-0.05, 0) is 26.2 Å². The topological polar surface area (TPSA) is 23.5 Å². The van der Waals surface area contributed by atoms with Crippen LogP contribution in [0.15, 0.2) is 37.0 Å². The average molecular weight is 389 g/mol. The molecule has 0 unspecified atom stereocenters. The van der Waals surface area contributed by atoms with Crippen LogP contribution in [0.3, 0.4) is 0 Å². The highest BCUT2D eigenvalue weighted by Gasteiger charge is 2.75. The highest BCUT2D eigenvalue weighted by Crippen LogP contribution is 2.48. The smallest absolute Gasteiger partial charge is 0.385 e. The van der Waals surface area contributed by atoms with Gasteiger partial charge >= 0.3 is 18.0 Å². The second-order valence-corrected chi connectivity index (χ2v) is 6.39. The Morgan fingerprint density at radius 2 is 1.69 bits per heavy atom. The van der Waals surface area contributed by atoms with Gasteiger partial charge in [0.25, 0.3) is 0 Å². The van der Waals surface area contributed by atoms with E-state index in [2.05, 4.69) is 13.2 Å². The third-order valence-electron chi connectivity index (χ3n) is 4.35. The normalized spacial score (nSPS) is 24.1. The number of hydrogen-bond acceptors (Lipinski definition) is 2. The first-order chi connectivity index (χ1) is 11.8. The molecule has 0 spiro atoms. The quantitative estimate of drug-likeness (QED) is 0.480. The first kappa shape index (κ1) is 22.7. The van der Waals surface area contributed by atoms with Crippen LogP contribution in [0.1, 0.15) is 26.2 Å². The lowest BCUT2D eigenvalue weighted by Gasteiger charge is -2.43. The molecule has 0 aromatic carbocycles. The molecule has 0 aliphatic carbocycles. The summed E-state index contributed by atoms with van der Waals surface area (Å²) >= 11 is 0. The van der Waals surface area contributed by atoms with E-state index in [0.717, 1.165) is 5.57 Å². The zero-order valence-electron chi connectivity index (χ0n) is 14.2. The van der Waals surface area contributed by atoms with Crippen molar-refractivity contribution in [3.8, 4) is 0 Å². The van der Waals surface area contributed by atoms with E-state index in [9.17, 15) is 35.8 Å². The summed E-state index contributed by atoms with van der Waals surface area (Å²) in [4.78, 5) is 1.31. The lowest BCUT2D eigenvalue weighted by atomic mass is 9.91. The Kier molecular flexibility index (Phi) is 7.09. The zero-order chi connectivity index (χ0) is 20.3. The molecule has 1 heterocycles. The number of halogens is 7. The van der Waals surface area contributed by atoms with Crippen molar-refractivity contribution in [3.63, 3.8) is 0 Å². The maximum absolute atomic E-state index is 13.7. The molecule has 1 rings (SSSR count). The fourth-order valence-corrected chi connectivity index (χ4v) is 3.03. The molecular weight excluding hydrogens is 367 g/mol. The average Bonchev–Trinajstić information content (AvgIpc) is 2.49. The maximum Gasteiger partial charge on any atom is 0.459 e. The molecule has 0 amide bonds. The Bertz CT molecular complexity index is 542. The van der Waals surface area contributed by atoms with Gasteiger partial charge in [-0.25, -0.2) is 0 Å². The SMILES string of the molecule is C=CC[C@H]1CC(C)=C[C@@H](CC=C)N1C[C@H](O)C(F)(F)C(F)(F)C(F)(F)F. The van der Waals surface area contributed by atoms with E-state index in [1.165, 1.54) is 17.1 Å². The number of alkyl halides is 7. The third kappa shape index (κ3) is 4.49. The van der Waals surface area contributed by atoms with Crippen molar-refractivity contribution in [2.75, 3.05) is 6.54 Å². The van der Waals surface area contributed by atoms with E-state index in [-0.39, 0.29) is 6.42 Å². The largest absolute Gasteiger partial charge is 0.459 e. The molecule has 3 atom stereocenters. The van der Waals surface area contributed by atoms with Crippen LogP contribution in [0.2, 0.25) is 0 Å². The van der Waals surface area contributed by atoms with Crippen molar-refractivity contribution >= 4 is 0 Å². The van der Waals surface area contributed by atoms with Crippen molar-refractivity contribution in [2.24, 2.45) is 0 Å². The first-order valence-corrected chi connectivity index (χ1v) is 7.94. The molecule has 0 saturated carbocycles. The van der Waals surface area contributed by atoms with E-state index in [4.69, 9.17) is 0 Å². The molecule has 9 heteroatoms. The van der Waals surface area contributed by atoms with Gasteiger partial charge in [0, 0.05) is 18.6 Å². The molecule has 0 fully saturated rings. The Morgan fingerprint density at radius 1 is 1.15 bits per heavy atom. The van der Waals surface area contributed by atoms with Crippen molar-refractivity contribution in [1.82, 2.24) is 4.90 Å². The number of aliphatic hydroxyl groups excluding tert-OH is 1.